The topological polar surface area (TPSA) is 35.0 Å². The summed E-state index contributed by atoms with van der Waals surface area (Å²) in [5.41, 5.74) is 3.76. The summed E-state index contributed by atoms with van der Waals surface area (Å²) in [6, 6.07) is 8.32. The molecule has 0 amide bonds. The Morgan fingerprint density at radius 3 is 3.00 bits per heavy atom. The minimum atomic E-state index is 0.504. The Balaban J connectivity index is 1.78. The summed E-state index contributed by atoms with van der Waals surface area (Å²) in [7, 11) is 0. The summed E-state index contributed by atoms with van der Waals surface area (Å²) in [6.07, 6.45) is 5.00. The first-order chi connectivity index (χ1) is 9.76. The Morgan fingerprint density at radius 1 is 1.30 bits per heavy atom. The van der Waals surface area contributed by atoms with E-state index in [2.05, 4.69) is 35.1 Å². The SMILES string of the molecule is CCc1cnc(C)nc1C[C@@H]1COc2ccccc2C1. The van der Waals surface area contributed by atoms with Crippen molar-refractivity contribution in [1.82, 2.24) is 9.97 Å². The summed E-state index contributed by atoms with van der Waals surface area (Å²) in [5, 5.41) is 0. The number of fused-ring (bicyclic) bond motifs is 1. The summed E-state index contributed by atoms with van der Waals surface area (Å²) < 4.78 is 5.87. The van der Waals surface area contributed by atoms with Crippen LogP contribution in [0.25, 0.3) is 0 Å². The van der Waals surface area contributed by atoms with Crippen LogP contribution in [0.5, 0.6) is 5.75 Å². The molecule has 1 aliphatic rings. The molecule has 3 nitrogen and oxygen atoms in total. The fraction of sp³-hybridized carbons (Fsp3) is 0.412. The number of rotatable bonds is 3. The maximum Gasteiger partial charge on any atom is 0.125 e. The van der Waals surface area contributed by atoms with Gasteiger partial charge in [0.25, 0.3) is 0 Å². The molecule has 3 rings (SSSR count). The molecule has 3 heteroatoms. The summed E-state index contributed by atoms with van der Waals surface area (Å²) in [6.45, 7) is 4.89. The molecule has 1 aliphatic heterocycles. The van der Waals surface area contributed by atoms with Crippen LogP contribution in [-0.4, -0.2) is 16.6 Å². The monoisotopic (exact) mass is 268 g/mol. The average molecular weight is 268 g/mol. The first-order valence-corrected chi connectivity index (χ1v) is 7.28. The zero-order valence-electron chi connectivity index (χ0n) is 12.1. The molecule has 0 saturated heterocycles. The predicted molar refractivity (Wildman–Crippen MR) is 79.0 cm³/mol. The van der Waals surface area contributed by atoms with E-state index in [1.54, 1.807) is 0 Å². The van der Waals surface area contributed by atoms with Gasteiger partial charge in [0.05, 0.1) is 6.61 Å². The maximum absolute atomic E-state index is 5.87. The summed E-state index contributed by atoms with van der Waals surface area (Å²) in [5.74, 6) is 2.40. The molecule has 1 aromatic heterocycles. The van der Waals surface area contributed by atoms with Gasteiger partial charge in [0, 0.05) is 17.8 Å². The Morgan fingerprint density at radius 2 is 2.15 bits per heavy atom. The number of benzene rings is 1. The van der Waals surface area contributed by atoms with Crippen LogP contribution < -0.4 is 4.74 Å². The van der Waals surface area contributed by atoms with E-state index in [-0.39, 0.29) is 0 Å². The van der Waals surface area contributed by atoms with Crippen LogP contribution in [0.1, 0.15) is 29.6 Å². The van der Waals surface area contributed by atoms with Crippen LogP contribution in [0.2, 0.25) is 0 Å². The minimum Gasteiger partial charge on any atom is -0.493 e. The van der Waals surface area contributed by atoms with Gasteiger partial charge >= 0.3 is 0 Å². The molecule has 104 valence electrons. The lowest BCUT2D eigenvalue weighted by Gasteiger charge is -2.25. The van der Waals surface area contributed by atoms with Crippen LogP contribution in [0.3, 0.4) is 0 Å². The molecule has 0 N–H and O–H groups in total. The molecular weight excluding hydrogens is 248 g/mol. The van der Waals surface area contributed by atoms with Gasteiger partial charge < -0.3 is 4.74 Å². The summed E-state index contributed by atoms with van der Waals surface area (Å²) in [4.78, 5) is 8.92. The highest BCUT2D eigenvalue weighted by Crippen LogP contribution is 2.28. The van der Waals surface area contributed by atoms with Crippen molar-refractivity contribution in [1.29, 1.82) is 0 Å². The van der Waals surface area contributed by atoms with E-state index in [1.807, 2.05) is 19.2 Å². The normalized spacial score (nSPS) is 17.4. The number of hydrogen-bond acceptors (Lipinski definition) is 3. The summed E-state index contributed by atoms with van der Waals surface area (Å²) >= 11 is 0. The van der Waals surface area contributed by atoms with E-state index >= 15 is 0 Å². The molecule has 0 fully saturated rings. The van der Waals surface area contributed by atoms with Gasteiger partial charge in [-0.2, -0.15) is 0 Å². The lowest BCUT2D eigenvalue weighted by atomic mass is 9.91. The first kappa shape index (κ1) is 13.1. The largest absolute Gasteiger partial charge is 0.493 e. The van der Waals surface area contributed by atoms with Crippen molar-refractivity contribution in [3.05, 3.63) is 53.1 Å². The van der Waals surface area contributed by atoms with Crippen molar-refractivity contribution in [3.63, 3.8) is 0 Å². The maximum atomic E-state index is 5.87. The fourth-order valence-electron chi connectivity index (χ4n) is 2.81. The Hall–Kier alpha value is -1.90. The molecular formula is C17H20N2O. The van der Waals surface area contributed by atoms with Crippen LogP contribution >= 0.6 is 0 Å². The number of para-hydroxylation sites is 1. The number of nitrogens with zero attached hydrogens (tertiary/aromatic N) is 2. The molecule has 0 radical (unpaired) electrons. The van der Waals surface area contributed by atoms with E-state index in [0.717, 1.165) is 37.4 Å². The Bertz CT molecular complexity index is 610. The Kier molecular flexibility index (Phi) is 3.68. The Labute approximate surface area is 120 Å². The van der Waals surface area contributed by atoms with E-state index in [0.29, 0.717) is 5.92 Å². The van der Waals surface area contributed by atoms with Crippen LogP contribution in [-0.2, 0) is 19.3 Å². The van der Waals surface area contributed by atoms with Crippen LogP contribution in [0.15, 0.2) is 30.5 Å². The molecule has 0 saturated carbocycles. The molecule has 0 aliphatic carbocycles. The number of hydrogen-bond donors (Lipinski definition) is 0. The number of aryl methyl sites for hydroxylation is 2. The lowest BCUT2D eigenvalue weighted by Crippen LogP contribution is -2.23. The highest BCUT2D eigenvalue weighted by Gasteiger charge is 2.21. The van der Waals surface area contributed by atoms with Crippen molar-refractivity contribution in [2.45, 2.75) is 33.1 Å². The van der Waals surface area contributed by atoms with Crippen molar-refractivity contribution < 1.29 is 4.74 Å². The van der Waals surface area contributed by atoms with Gasteiger partial charge in [-0.1, -0.05) is 25.1 Å². The molecule has 20 heavy (non-hydrogen) atoms. The number of aromatic nitrogens is 2. The third-order valence-corrected chi connectivity index (χ3v) is 3.89. The van der Waals surface area contributed by atoms with Gasteiger partial charge in [-0.05, 0) is 43.4 Å². The third kappa shape index (κ3) is 2.67. The highest BCUT2D eigenvalue weighted by atomic mass is 16.5. The third-order valence-electron chi connectivity index (χ3n) is 3.89. The predicted octanol–water partition coefficient (Wildman–Crippen LogP) is 3.14. The van der Waals surface area contributed by atoms with E-state index in [9.17, 15) is 0 Å². The smallest absolute Gasteiger partial charge is 0.125 e. The van der Waals surface area contributed by atoms with Gasteiger partial charge in [-0.3, -0.25) is 0 Å². The molecule has 0 bridgehead atoms. The second-order valence-corrected chi connectivity index (χ2v) is 5.44. The first-order valence-electron chi connectivity index (χ1n) is 7.28. The van der Waals surface area contributed by atoms with Crippen LogP contribution in [0.4, 0.5) is 0 Å². The molecule has 2 heterocycles. The van der Waals surface area contributed by atoms with Crippen LogP contribution in [0, 0.1) is 12.8 Å². The highest BCUT2D eigenvalue weighted by molar-refractivity contribution is 5.35. The zero-order chi connectivity index (χ0) is 13.9. The van der Waals surface area contributed by atoms with E-state index < -0.39 is 0 Å². The van der Waals surface area contributed by atoms with E-state index in [4.69, 9.17) is 4.74 Å². The van der Waals surface area contributed by atoms with Crippen molar-refractivity contribution in [2.24, 2.45) is 5.92 Å². The minimum absolute atomic E-state index is 0.504. The fourth-order valence-corrected chi connectivity index (χ4v) is 2.81. The lowest BCUT2D eigenvalue weighted by molar-refractivity contribution is 0.220. The molecule has 0 spiro atoms. The second-order valence-electron chi connectivity index (χ2n) is 5.44. The average Bonchev–Trinajstić information content (AvgIpc) is 2.47. The van der Waals surface area contributed by atoms with Crippen molar-refractivity contribution in [2.75, 3.05) is 6.61 Å². The second kappa shape index (κ2) is 5.61. The van der Waals surface area contributed by atoms with Crippen molar-refractivity contribution >= 4 is 0 Å². The van der Waals surface area contributed by atoms with Gasteiger partial charge in [0.15, 0.2) is 0 Å². The zero-order valence-corrected chi connectivity index (χ0v) is 12.1. The molecule has 1 atom stereocenters. The van der Waals surface area contributed by atoms with E-state index in [1.165, 1.54) is 16.8 Å². The number of ether oxygens (including phenoxy) is 1. The molecule has 2 aromatic rings. The van der Waals surface area contributed by atoms with Gasteiger partial charge in [-0.25, -0.2) is 9.97 Å². The standard InChI is InChI=1S/C17H20N2O/c1-3-14-10-18-12(2)19-16(14)9-13-8-15-6-4-5-7-17(15)20-11-13/h4-7,10,13H,3,8-9,11H2,1-2H3/t13-/m1/s1. The van der Waals surface area contributed by atoms with Gasteiger partial charge in [0.2, 0.25) is 0 Å². The van der Waals surface area contributed by atoms with Gasteiger partial charge in [-0.15, -0.1) is 0 Å². The van der Waals surface area contributed by atoms with Gasteiger partial charge in [0.1, 0.15) is 11.6 Å². The van der Waals surface area contributed by atoms with Crippen molar-refractivity contribution in [3.8, 4) is 5.75 Å². The molecule has 0 unspecified atom stereocenters. The quantitative estimate of drug-likeness (QED) is 0.857. The molecule has 1 aromatic carbocycles.